The van der Waals surface area contributed by atoms with Crippen LogP contribution in [0.4, 0.5) is 0 Å². The van der Waals surface area contributed by atoms with E-state index in [-0.39, 0.29) is 29.1 Å². The van der Waals surface area contributed by atoms with E-state index in [0.717, 1.165) is 12.1 Å². The van der Waals surface area contributed by atoms with Gasteiger partial charge in [0.05, 0.1) is 10.2 Å². The first kappa shape index (κ1) is 14.1. The first-order chi connectivity index (χ1) is 5.91. The van der Waals surface area contributed by atoms with Gasteiger partial charge in [0.15, 0.2) is 11.1 Å². The summed E-state index contributed by atoms with van der Waals surface area (Å²) < 4.78 is 29.7. The Balaban J connectivity index is 0.00000169. The average Bonchev–Trinajstić information content (AvgIpc) is 2.03. The molecule has 0 aliphatic heterocycles. The van der Waals surface area contributed by atoms with Crippen LogP contribution in [0.1, 0.15) is 0 Å². The molecule has 0 saturated carbocycles. The summed E-state index contributed by atoms with van der Waals surface area (Å²) in [6.07, 6.45) is 0. The summed E-state index contributed by atoms with van der Waals surface area (Å²) in [5.41, 5.74) is 0. The summed E-state index contributed by atoms with van der Waals surface area (Å²) in [6, 6.07) is 4.66. The number of hydrogen-bond acceptors (Lipinski definition) is 2. The van der Waals surface area contributed by atoms with Crippen LogP contribution in [0.5, 0.6) is 0 Å². The van der Waals surface area contributed by atoms with Gasteiger partial charge in [0.25, 0.3) is 0 Å². The third kappa shape index (κ3) is 3.68. The third-order valence-electron chi connectivity index (χ3n) is 1.37. The molecule has 8 heteroatoms. The third-order valence-corrected chi connectivity index (χ3v) is 3.02. The fourth-order valence-corrected chi connectivity index (χ4v) is 1.66. The van der Waals surface area contributed by atoms with E-state index >= 15 is 0 Å². The molecule has 0 saturated heterocycles. The molecule has 1 atom stereocenters. The standard InChI is InChI=1S/C6H7O5PS.Li.H/c7-12(8,9)5-1-3-6(4-2-5)13(10)11;;/h1-4H,(H,10,11)(H2,7,8,9);;. The number of hydrogen-bond donors (Lipinski definition) is 3. The summed E-state index contributed by atoms with van der Waals surface area (Å²) in [6.45, 7) is 0. The van der Waals surface area contributed by atoms with Crippen molar-refractivity contribution in [3.8, 4) is 0 Å². The fraction of sp³-hybridized carbons (Fsp3) is 0. The van der Waals surface area contributed by atoms with Crippen LogP contribution in [0.2, 0.25) is 0 Å². The number of benzene rings is 1. The molecular formula is C6H8LiO5PS. The monoisotopic (exact) mass is 230 g/mol. The molecule has 0 aromatic heterocycles. The number of rotatable bonds is 2. The minimum absolute atomic E-state index is 0. The summed E-state index contributed by atoms with van der Waals surface area (Å²) in [7, 11) is -4.25. The predicted octanol–water partition coefficient (Wildman–Crippen LogP) is -0.578. The molecule has 5 nitrogen and oxygen atoms in total. The van der Waals surface area contributed by atoms with Gasteiger partial charge in [0.1, 0.15) is 0 Å². The van der Waals surface area contributed by atoms with Gasteiger partial charge in [-0.25, -0.2) is 4.21 Å². The van der Waals surface area contributed by atoms with E-state index < -0.39 is 18.7 Å². The second kappa shape index (κ2) is 5.24. The average molecular weight is 230 g/mol. The first-order valence-electron chi connectivity index (χ1n) is 3.18. The van der Waals surface area contributed by atoms with Gasteiger partial charge in [-0.3, -0.25) is 4.57 Å². The van der Waals surface area contributed by atoms with Crippen LogP contribution < -0.4 is 5.30 Å². The maximum absolute atomic E-state index is 10.7. The molecule has 0 bridgehead atoms. The van der Waals surface area contributed by atoms with Gasteiger partial charge in [-0.1, -0.05) is 0 Å². The van der Waals surface area contributed by atoms with Crippen LogP contribution in [-0.4, -0.2) is 37.4 Å². The summed E-state index contributed by atoms with van der Waals surface area (Å²) in [5, 5.41) is -0.165. The zero-order valence-electron chi connectivity index (χ0n) is 6.32. The van der Waals surface area contributed by atoms with Gasteiger partial charge in [0.2, 0.25) is 0 Å². The van der Waals surface area contributed by atoms with Crippen LogP contribution in [-0.2, 0) is 15.6 Å². The Bertz CT molecular complexity index is 372. The normalized spacial score (nSPS) is 13.1. The molecule has 0 radical (unpaired) electrons. The van der Waals surface area contributed by atoms with E-state index in [0.29, 0.717) is 0 Å². The van der Waals surface area contributed by atoms with Crippen LogP contribution in [0.3, 0.4) is 0 Å². The van der Waals surface area contributed by atoms with Gasteiger partial charge >= 0.3 is 26.5 Å². The Morgan fingerprint density at radius 3 is 1.86 bits per heavy atom. The Labute approximate surface area is 95.2 Å². The summed E-state index contributed by atoms with van der Waals surface area (Å²) >= 11 is -2.12. The minimum atomic E-state index is -4.25. The topological polar surface area (TPSA) is 94.8 Å². The second-order valence-electron chi connectivity index (χ2n) is 2.29. The first-order valence-corrected chi connectivity index (χ1v) is 5.90. The van der Waals surface area contributed by atoms with Crippen LogP contribution in [0.15, 0.2) is 29.2 Å². The van der Waals surface area contributed by atoms with E-state index in [1.54, 1.807) is 0 Å². The molecule has 0 fully saturated rings. The van der Waals surface area contributed by atoms with Crippen molar-refractivity contribution in [2.45, 2.75) is 4.90 Å². The van der Waals surface area contributed by atoms with E-state index in [4.69, 9.17) is 14.3 Å². The van der Waals surface area contributed by atoms with Gasteiger partial charge in [-0.05, 0) is 24.3 Å². The summed E-state index contributed by atoms with van der Waals surface area (Å²) in [5.74, 6) is 0. The quantitative estimate of drug-likeness (QED) is 0.359. The van der Waals surface area contributed by atoms with Crippen LogP contribution in [0.25, 0.3) is 0 Å². The van der Waals surface area contributed by atoms with Gasteiger partial charge in [-0.15, -0.1) is 0 Å². The van der Waals surface area contributed by atoms with Crippen molar-refractivity contribution in [1.29, 1.82) is 0 Å². The molecule has 0 heterocycles. The van der Waals surface area contributed by atoms with Crippen molar-refractivity contribution in [3.05, 3.63) is 24.3 Å². The molecule has 1 unspecified atom stereocenters. The molecule has 3 N–H and O–H groups in total. The molecule has 74 valence electrons. The van der Waals surface area contributed by atoms with E-state index in [1.807, 2.05) is 0 Å². The molecule has 1 rings (SSSR count). The van der Waals surface area contributed by atoms with E-state index in [2.05, 4.69) is 0 Å². The Hall–Kier alpha value is 0.0774. The van der Waals surface area contributed by atoms with Crippen LogP contribution in [0, 0.1) is 0 Å². The van der Waals surface area contributed by atoms with Gasteiger partial charge in [-0.2, -0.15) is 0 Å². The molecule has 1 aromatic rings. The van der Waals surface area contributed by atoms with Crippen molar-refractivity contribution >= 4 is 42.8 Å². The zero-order chi connectivity index (χ0) is 10.1. The predicted molar refractivity (Wildman–Crippen MR) is 54.3 cm³/mol. The Kier molecular flexibility index (Phi) is 5.27. The molecule has 0 spiro atoms. The van der Waals surface area contributed by atoms with Crippen molar-refractivity contribution in [3.63, 3.8) is 0 Å². The maximum atomic E-state index is 10.7. The SMILES string of the molecule is O=S(O)c1ccc(P(=O)(O)O)cc1.[LiH]. The Morgan fingerprint density at radius 1 is 1.14 bits per heavy atom. The van der Waals surface area contributed by atoms with Crippen molar-refractivity contribution in [1.82, 2.24) is 0 Å². The molecule has 0 aliphatic rings. The van der Waals surface area contributed by atoms with Crippen molar-refractivity contribution in [2.75, 3.05) is 0 Å². The zero-order valence-corrected chi connectivity index (χ0v) is 8.03. The van der Waals surface area contributed by atoms with Gasteiger partial charge < -0.3 is 14.3 Å². The molecule has 0 aliphatic carbocycles. The second-order valence-corrected chi connectivity index (χ2v) is 4.86. The fourth-order valence-electron chi connectivity index (χ4n) is 0.757. The molecule has 0 amide bonds. The van der Waals surface area contributed by atoms with E-state index in [1.165, 1.54) is 12.1 Å². The molecule has 1 aromatic carbocycles. The van der Waals surface area contributed by atoms with Crippen molar-refractivity contribution < 1.29 is 23.1 Å². The Morgan fingerprint density at radius 2 is 1.57 bits per heavy atom. The molecule has 14 heavy (non-hydrogen) atoms. The summed E-state index contributed by atoms with van der Waals surface area (Å²) in [4.78, 5) is 17.5. The van der Waals surface area contributed by atoms with Gasteiger partial charge in [0, 0.05) is 0 Å². The molecular weight excluding hydrogens is 222 g/mol. The van der Waals surface area contributed by atoms with Crippen molar-refractivity contribution in [2.24, 2.45) is 0 Å². The van der Waals surface area contributed by atoms with Crippen LogP contribution >= 0.6 is 7.60 Å². The van der Waals surface area contributed by atoms with E-state index in [9.17, 15) is 8.77 Å².